The van der Waals surface area contributed by atoms with Crippen LogP contribution in [0.25, 0.3) is 11.0 Å². The van der Waals surface area contributed by atoms with Crippen molar-refractivity contribution < 1.29 is 0 Å². The van der Waals surface area contributed by atoms with Gasteiger partial charge in [-0.2, -0.15) is 0 Å². The highest BCUT2D eigenvalue weighted by molar-refractivity contribution is 9.10. The molecule has 1 N–H and O–H groups in total. The number of aromatic amines is 1. The van der Waals surface area contributed by atoms with Gasteiger partial charge < -0.3 is 4.98 Å². The monoisotopic (exact) mass is 259 g/mol. The van der Waals surface area contributed by atoms with Gasteiger partial charge in [0.05, 0.1) is 16.2 Å². The number of halogens is 2. The molecular formula is C8H7BrClN3. The van der Waals surface area contributed by atoms with Crippen molar-refractivity contribution in [1.29, 1.82) is 0 Å². The van der Waals surface area contributed by atoms with Crippen LogP contribution in [0.15, 0.2) is 16.9 Å². The molecule has 0 saturated heterocycles. The zero-order valence-corrected chi connectivity index (χ0v) is 9.06. The van der Waals surface area contributed by atoms with Gasteiger partial charge in [-0.25, -0.2) is 4.98 Å². The molecule has 68 valence electrons. The van der Waals surface area contributed by atoms with E-state index in [2.05, 4.69) is 30.9 Å². The van der Waals surface area contributed by atoms with E-state index < -0.39 is 0 Å². The highest BCUT2D eigenvalue weighted by Gasteiger charge is 2.04. The Hall–Kier alpha value is -0.610. The summed E-state index contributed by atoms with van der Waals surface area (Å²) in [6.45, 7) is 0. The first kappa shape index (κ1) is 8.97. The number of fused-ring (bicyclic) bond motifs is 1. The Balaban J connectivity index is 2.55. The second kappa shape index (κ2) is 3.64. The number of rotatable bonds is 2. The number of nitrogens with one attached hydrogen (secondary N) is 1. The van der Waals surface area contributed by atoms with E-state index in [9.17, 15) is 0 Å². The summed E-state index contributed by atoms with van der Waals surface area (Å²) < 4.78 is 0.905. The molecule has 0 atom stereocenters. The Bertz CT molecular complexity index is 426. The van der Waals surface area contributed by atoms with Crippen molar-refractivity contribution in [3.63, 3.8) is 0 Å². The molecule has 2 aromatic heterocycles. The van der Waals surface area contributed by atoms with Crippen molar-refractivity contribution in [3.8, 4) is 0 Å². The molecule has 0 saturated carbocycles. The molecule has 0 aromatic carbocycles. The van der Waals surface area contributed by atoms with Crippen LogP contribution < -0.4 is 0 Å². The minimum atomic E-state index is 0.574. The van der Waals surface area contributed by atoms with Gasteiger partial charge in [-0.1, -0.05) is 0 Å². The number of alkyl halides is 1. The van der Waals surface area contributed by atoms with Crippen LogP contribution in [0.2, 0.25) is 0 Å². The van der Waals surface area contributed by atoms with E-state index in [1.807, 2.05) is 0 Å². The third-order valence-corrected chi connectivity index (χ3v) is 2.50. The summed E-state index contributed by atoms with van der Waals surface area (Å²) in [6.07, 6.45) is 4.24. The Labute approximate surface area is 88.7 Å². The minimum absolute atomic E-state index is 0.574. The van der Waals surface area contributed by atoms with Crippen LogP contribution in [0, 0.1) is 0 Å². The summed E-state index contributed by atoms with van der Waals surface area (Å²) in [6, 6.07) is 0. The minimum Gasteiger partial charge on any atom is -0.341 e. The van der Waals surface area contributed by atoms with E-state index >= 15 is 0 Å². The number of aryl methyl sites for hydroxylation is 1. The predicted octanol–water partition coefficient (Wildman–Crippen LogP) is 2.50. The molecule has 2 heterocycles. The van der Waals surface area contributed by atoms with Crippen molar-refractivity contribution in [2.75, 3.05) is 5.88 Å². The van der Waals surface area contributed by atoms with Crippen LogP contribution in [0.3, 0.4) is 0 Å². The van der Waals surface area contributed by atoms with Gasteiger partial charge in [-0.3, -0.25) is 4.98 Å². The molecule has 0 radical (unpaired) electrons. The molecule has 0 bridgehead atoms. The van der Waals surface area contributed by atoms with Crippen LogP contribution in [-0.4, -0.2) is 20.8 Å². The summed E-state index contributed by atoms with van der Waals surface area (Å²) >= 11 is 9.00. The summed E-state index contributed by atoms with van der Waals surface area (Å²) in [5, 5.41) is 0. The van der Waals surface area contributed by atoms with E-state index in [0.29, 0.717) is 5.88 Å². The summed E-state index contributed by atoms with van der Waals surface area (Å²) in [5.74, 6) is 1.48. The van der Waals surface area contributed by atoms with E-state index in [1.54, 1.807) is 12.4 Å². The highest BCUT2D eigenvalue weighted by atomic mass is 79.9. The first-order chi connectivity index (χ1) is 6.31. The second-order valence-electron chi connectivity index (χ2n) is 2.64. The summed E-state index contributed by atoms with van der Waals surface area (Å²) in [5.41, 5.74) is 1.85. The number of imidazole rings is 1. The third-order valence-electron chi connectivity index (χ3n) is 1.73. The lowest BCUT2D eigenvalue weighted by Crippen LogP contribution is -1.87. The maximum atomic E-state index is 5.62. The van der Waals surface area contributed by atoms with Crippen LogP contribution in [0.5, 0.6) is 0 Å². The van der Waals surface area contributed by atoms with Gasteiger partial charge in [0.2, 0.25) is 0 Å². The average molecular weight is 261 g/mol. The van der Waals surface area contributed by atoms with Crippen LogP contribution in [0.4, 0.5) is 0 Å². The van der Waals surface area contributed by atoms with Gasteiger partial charge in [0.1, 0.15) is 11.3 Å². The van der Waals surface area contributed by atoms with Gasteiger partial charge in [0.15, 0.2) is 0 Å². The molecule has 0 aliphatic heterocycles. The molecule has 0 aliphatic carbocycles. The predicted molar refractivity (Wildman–Crippen MR) is 56.0 cm³/mol. The fourth-order valence-electron chi connectivity index (χ4n) is 1.16. The SMILES string of the molecule is ClCCc1nc2c(Br)cncc2[nH]1. The Morgan fingerprint density at radius 2 is 2.31 bits per heavy atom. The maximum Gasteiger partial charge on any atom is 0.108 e. The van der Waals surface area contributed by atoms with Gasteiger partial charge in [0, 0.05) is 18.5 Å². The number of hydrogen-bond donors (Lipinski definition) is 1. The van der Waals surface area contributed by atoms with Crippen LogP contribution in [0.1, 0.15) is 5.82 Å². The molecule has 2 aromatic rings. The molecule has 5 heteroatoms. The first-order valence-electron chi connectivity index (χ1n) is 3.85. The Morgan fingerprint density at radius 1 is 1.46 bits per heavy atom. The molecule has 0 unspecified atom stereocenters. The van der Waals surface area contributed by atoms with Crippen molar-refractivity contribution in [3.05, 3.63) is 22.7 Å². The smallest absolute Gasteiger partial charge is 0.108 e. The van der Waals surface area contributed by atoms with E-state index in [0.717, 1.165) is 27.8 Å². The van der Waals surface area contributed by atoms with E-state index in [4.69, 9.17) is 11.6 Å². The Kier molecular flexibility index (Phi) is 2.51. The molecule has 0 amide bonds. The van der Waals surface area contributed by atoms with Crippen molar-refractivity contribution in [2.24, 2.45) is 0 Å². The highest BCUT2D eigenvalue weighted by Crippen LogP contribution is 2.20. The molecule has 2 rings (SSSR count). The largest absolute Gasteiger partial charge is 0.341 e. The number of H-pyrrole nitrogens is 1. The van der Waals surface area contributed by atoms with Crippen LogP contribution >= 0.6 is 27.5 Å². The standard InChI is InChI=1S/C8H7BrClN3/c9-5-3-11-4-6-8(5)13-7(12-6)1-2-10/h3-4H,1-2H2,(H,12,13). The lowest BCUT2D eigenvalue weighted by atomic mass is 10.4. The van der Waals surface area contributed by atoms with Crippen molar-refractivity contribution in [2.45, 2.75) is 6.42 Å². The van der Waals surface area contributed by atoms with Gasteiger partial charge in [0.25, 0.3) is 0 Å². The van der Waals surface area contributed by atoms with Gasteiger partial charge >= 0.3 is 0 Å². The van der Waals surface area contributed by atoms with E-state index in [-0.39, 0.29) is 0 Å². The molecule has 0 spiro atoms. The topological polar surface area (TPSA) is 41.6 Å². The maximum absolute atomic E-state index is 5.62. The number of hydrogen-bond acceptors (Lipinski definition) is 2. The lowest BCUT2D eigenvalue weighted by molar-refractivity contribution is 1.01. The van der Waals surface area contributed by atoms with E-state index in [1.165, 1.54) is 0 Å². The second-order valence-corrected chi connectivity index (χ2v) is 3.87. The normalized spacial score (nSPS) is 10.9. The number of nitrogens with zero attached hydrogens (tertiary/aromatic N) is 2. The fraction of sp³-hybridized carbons (Fsp3) is 0.250. The zero-order chi connectivity index (χ0) is 9.26. The first-order valence-corrected chi connectivity index (χ1v) is 5.18. The molecule has 3 nitrogen and oxygen atoms in total. The lowest BCUT2D eigenvalue weighted by Gasteiger charge is -1.87. The molecule has 13 heavy (non-hydrogen) atoms. The molecule has 0 fully saturated rings. The van der Waals surface area contributed by atoms with Crippen LogP contribution in [-0.2, 0) is 6.42 Å². The van der Waals surface area contributed by atoms with Crippen molar-refractivity contribution >= 4 is 38.6 Å². The van der Waals surface area contributed by atoms with Gasteiger partial charge in [-0.15, -0.1) is 11.6 Å². The summed E-state index contributed by atoms with van der Waals surface area (Å²) in [7, 11) is 0. The third kappa shape index (κ3) is 1.69. The van der Waals surface area contributed by atoms with Gasteiger partial charge in [-0.05, 0) is 15.9 Å². The Morgan fingerprint density at radius 3 is 3.00 bits per heavy atom. The fourth-order valence-corrected chi connectivity index (χ4v) is 1.76. The molecular weight excluding hydrogens is 253 g/mol. The molecule has 0 aliphatic rings. The number of aromatic nitrogens is 3. The zero-order valence-electron chi connectivity index (χ0n) is 6.72. The number of pyridine rings is 1. The summed E-state index contributed by atoms with van der Waals surface area (Å²) in [4.78, 5) is 11.6. The quantitative estimate of drug-likeness (QED) is 0.843. The average Bonchev–Trinajstić information content (AvgIpc) is 2.49. The van der Waals surface area contributed by atoms with Crippen molar-refractivity contribution in [1.82, 2.24) is 15.0 Å².